The maximum atomic E-state index is 9.60. The zero-order chi connectivity index (χ0) is 12.8. The van der Waals surface area contributed by atoms with Crippen LogP contribution >= 0.6 is 31.9 Å². The topological polar surface area (TPSA) is 32.3 Å². The summed E-state index contributed by atoms with van der Waals surface area (Å²) in [4.78, 5) is 0. The zero-order valence-electron chi connectivity index (χ0n) is 9.63. The molecule has 0 radical (unpaired) electrons. The summed E-state index contributed by atoms with van der Waals surface area (Å²) in [6, 6.07) is 4.14. The molecule has 17 heavy (non-hydrogen) atoms. The Hall–Kier alpha value is -0.500. The second kappa shape index (κ2) is 7.05. The number of phenolic OH excluding ortho intramolecular Hbond substituents is 1. The van der Waals surface area contributed by atoms with Crippen LogP contribution in [0.4, 0.5) is 0 Å². The van der Waals surface area contributed by atoms with Gasteiger partial charge in [0.05, 0.1) is 8.95 Å². The third-order valence-electron chi connectivity index (χ3n) is 2.53. The zero-order valence-corrected chi connectivity index (χ0v) is 12.8. The van der Waals surface area contributed by atoms with Gasteiger partial charge in [0, 0.05) is 19.0 Å². The number of nitrogens with one attached hydrogen (secondary N) is 1. The first kappa shape index (κ1) is 14.6. The Kier molecular flexibility index (Phi) is 6.04. The lowest BCUT2D eigenvalue weighted by molar-refractivity contribution is 0.467. The fourth-order valence-corrected chi connectivity index (χ4v) is 2.77. The van der Waals surface area contributed by atoms with Crippen LogP contribution in [0.1, 0.15) is 25.3 Å². The normalized spacial score (nSPS) is 12.1. The Labute approximate surface area is 119 Å². The molecule has 1 aromatic rings. The van der Waals surface area contributed by atoms with Crippen LogP contribution in [0.25, 0.3) is 0 Å². The van der Waals surface area contributed by atoms with E-state index in [2.05, 4.69) is 50.0 Å². The molecule has 1 atom stereocenters. The summed E-state index contributed by atoms with van der Waals surface area (Å²) in [5, 5.41) is 13.0. The Morgan fingerprint density at radius 2 is 2.00 bits per heavy atom. The Morgan fingerprint density at radius 1 is 1.41 bits per heavy atom. The van der Waals surface area contributed by atoms with Gasteiger partial charge in [-0.15, -0.1) is 12.3 Å². The molecule has 4 heteroatoms. The van der Waals surface area contributed by atoms with E-state index in [4.69, 9.17) is 6.42 Å². The summed E-state index contributed by atoms with van der Waals surface area (Å²) >= 11 is 6.62. The lowest BCUT2D eigenvalue weighted by atomic mass is 10.1. The van der Waals surface area contributed by atoms with E-state index in [1.54, 1.807) is 0 Å². The molecule has 92 valence electrons. The molecule has 0 aliphatic rings. The Bertz CT molecular complexity index is 403. The highest BCUT2D eigenvalue weighted by atomic mass is 79.9. The molecule has 0 spiro atoms. The highest BCUT2D eigenvalue weighted by molar-refractivity contribution is 9.11. The fourth-order valence-electron chi connectivity index (χ4n) is 1.49. The van der Waals surface area contributed by atoms with E-state index in [0.29, 0.717) is 15.0 Å². The maximum Gasteiger partial charge on any atom is 0.143 e. The van der Waals surface area contributed by atoms with E-state index >= 15 is 0 Å². The van der Waals surface area contributed by atoms with Gasteiger partial charge < -0.3 is 10.4 Å². The third kappa shape index (κ3) is 4.34. The number of hydrogen-bond acceptors (Lipinski definition) is 2. The second-order valence-corrected chi connectivity index (χ2v) is 5.51. The highest BCUT2D eigenvalue weighted by Crippen LogP contribution is 2.33. The number of terminal acetylenes is 1. The Morgan fingerprint density at radius 3 is 2.47 bits per heavy atom. The van der Waals surface area contributed by atoms with Crippen LogP contribution in [0.15, 0.2) is 21.1 Å². The molecule has 0 saturated heterocycles. The van der Waals surface area contributed by atoms with Gasteiger partial charge in [-0.05, 0) is 56.0 Å². The van der Waals surface area contributed by atoms with Gasteiger partial charge in [-0.2, -0.15) is 0 Å². The van der Waals surface area contributed by atoms with E-state index in [9.17, 15) is 5.11 Å². The molecule has 2 nitrogen and oxygen atoms in total. The van der Waals surface area contributed by atoms with Crippen molar-refractivity contribution in [1.29, 1.82) is 0 Å². The van der Waals surface area contributed by atoms with E-state index in [1.165, 1.54) is 0 Å². The largest absolute Gasteiger partial charge is 0.506 e. The highest BCUT2D eigenvalue weighted by Gasteiger charge is 2.08. The van der Waals surface area contributed by atoms with Crippen LogP contribution in [0.2, 0.25) is 0 Å². The van der Waals surface area contributed by atoms with Gasteiger partial charge in [0.1, 0.15) is 5.75 Å². The molecule has 2 N–H and O–H groups in total. The van der Waals surface area contributed by atoms with Crippen molar-refractivity contribution in [3.63, 3.8) is 0 Å². The average Bonchev–Trinajstić information content (AvgIpc) is 2.31. The lowest BCUT2D eigenvalue weighted by Crippen LogP contribution is -2.27. The van der Waals surface area contributed by atoms with Crippen molar-refractivity contribution >= 4 is 31.9 Å². The predicted molar refractivity (Wildman–Crippen MR) is 77.9 cm³/mol. The Balaban J connectivity index is 2.67. The quantitative estimate of drug-likeness (QED) is 0.782. The van der Waals surface area contributed by atoms with Gasteiger partial charge in [0.25, 0.3) is 0 Å². The average molecular weight is 361 g/mol. The SMILES string of the molecule is C#CCC(CC)NCc1cc(Br)c(O)c(Br)c1. The van der Waals surface area contributed by atoms with Crippen molar-refractivity contribution in [2.24, 2.45) is 0 Å². The third-order valence-corrected chi connectivity index (χ3v) is 3.74. The van der Waals surface area contributed by atoms with E-state index in [0.717, 1.165) is 24.9 Å². The van der Waals surface area contributed by atoms with Crippen molar-refractivity contribution in [2.45, 2.75) is 32.4 Å². The first-order chi connectivity index (χ1) is 8.08. The van der Waals surface area contributed by atoms with Crippen LogP contribution in [-0.4, -0.2) is 11.1 Å². The van der Waals surface area contributed by atoms with Crippen LogP contribution in [0.5, 0.6) is 5.75 Å². The molecule has 0 aliphatic carbocycles. The van der Waals surface area contributed by atoms with Crippen LogP contribution in [-0.2, 0) is 6.54 Å². The molecule has 0 bridgehead atoms. The molecular formula is C13H15Br2NO. The number of phenols is 1. The molecule has 1 unspecified atom stereocenters. The van der Waals surface area contributed by atoms with Crippen LogP contribution in [0.3, 0.4) is 0 Å². The van der Waals surface area contributed by atoms with Gasteiger partial charge in [0.15, 0.2) is 0 Å². The van der Waals surface area contributed by atoms with Gasteiger partial charge >= 0.3 is 0 Å². The summed E-state index contributed by atoms with van der Waals surface area (Å²) in [5.74, 6) is 2.89. The molecule has 1 rings (SSSR count). The number of aromatic hydroxyl groups is 1. The molecule has 0 aromatic heterocycles. The molecular weight excluding hydrogens is 346 g/mol. The first-order valence-electron chi connectivity index (χ1n) is 5.42. The lowest BCUT2D eigenvalue weighted by Gasteiger charge is -2.14. The number of rotatable bonds is 5. The number of halogens is 2. The monoisotopic (exact) mass is 359 g/mol. The number of hydrogen-bond donors (Lipinski definition) is 2. The maximum absolute atomic E-state index is 9.60. The summed E-state index contributed by atoms with van der Waals surface area (Å²) in [6.45, 7) is 2.84. The standard InChI is InChI=1S/C13H15Br2NO/c1-3-5-10(4-2)16-8-9-6-11(14)13(17)12(15)7-9/h1,6-7,10,16-17H,4-5,8H2,2H3. The molecule has 0 aliphatic heterocycles. The van der Waals surface area contributed by atoms with Crippen LogP contribution < -0.4 is 5.32 Å². The summed E-state index contributed by atoms with van der Waals surface area (Å²) < 4.78 is 1.38. The summed E-state index contributed by atoms with van der Waals surface area (Å²) in [7, 11) is 0. The second-order valence-electron chi connectivity index (χ2n) is 3.80. The molecule has 0 fully saturated rings. The summed E-state index contributed by atoms with van der Waals surface area (Å²) in [5.41, 5.74) is 1.09. The van der Waals surface area contributed by atoms with Crippen molar-refractivity contribution < 1.29 is 5.11 Å². The number of benzene rings is 1. The van der Waals surface area contributed by atoms with E-state index < -0.39 is 0 Å². The van der Waals surface area contributed by atoms with E-state index in [1.807, 2.05) is 12.1 Å². The minimum atomic E-state index is 0.226. The minimum Gasteiger partial charge on any atom is -0.506 e. The van der Waals surface area contributed by atoms with Gasteiger partial charge in [-0.1, -0.05) is 6.92 Å². The van der Waals surface area contributed by atoms with Crippen molar-refractivity contribution in [3.05, 3.63) is 26.6 Å². The van der Waals surface area contributed by atoms with Crippen LogP contribution in [0, 0.1) is 12.3 Å². The minimum absolute atomic E-state index is 0.226. The summed E-state index contributed by atoms with van der Waals surface area (Å²) in [6.07, 6.45) is 7.04. The molecule has 0 heterocycles. The molecule has 0 amide bonds. The van der Waals surface area contributed by atoms with Gasteiger partial charge in [-0.3, -0.25) is 0 Å². The van der Waals surface area contributed by atoms with Crippen molar-refractivity contribution in [2.75, 3.05) is 0 Å². The van der Waals surface area contributed by atoms with Gasteiger partial charge in [-0.25, -0.2) is 0 Å². The fraction of sp³-hybridized carbons (Fsp3) is 0.385. The van der Waals surface area contributed by atoms with Gasteiger partial charge in [0.2, 0.25) is 0 Å². The molecule has 0 saturated carbocycles. The van der Waals surface area contributed by atoms with Crippen molar-refractivity contribution in [1.82, 2.24) is 5.32 Å². The molecule has 1 aromatic carbocycles. The smallest absolute Gasteiger partial charge is 0.143 e. The van der Waals surface area contributed by atoms with E-state index in [-0.39, 0.29) is 5.75 Å². The first-order valence-corrected chi connectivity index (χ1v) is 7.00. The van der Waals surface area contributed by atoms with Crippen molar-refractivity contribution in [3.8, 4) is 18.1 Å². The predicted octanol–water partition coefficient (Wildman–Crippen LogP) is 3.81.